The Bertz CT molecular complexity index is 599. The maximum absolute atomic E-state index is 11.6. The molecule has 1 aliphatic carbocycles. The second-order valence-corrected chi connectivity index (χ2v) is 6.36. The number of primary sulfonamides is 1. The molecule has 1 aromatic rings. The van der Waals surface area contributed by atoms with Crippen LogP contribution in [0.15, 0.2) is 23.1 Å². The van der Waals surface area contributed by atoms with Gasteiger partial charge in [0.25, 0.3) is 0 Å². The number of nitrogens with one attached hydrogen (secondary N) is 2. The molecule has 0 saturated heterocycles. The lowest BCUT2D eigenvalue weighted by atomic mass is 10.3. The van der Waals surface area contributed by atoms with E-state index < -0.39 is 10.0 Å². The predicted octanol–water partition coefficient (Wildman–Crippen LogP) is 0.678. The number of hydrogen-bond donors (Lipinski definition) is 3. The fourth-order valence-corrected chi connectivity index (χ4v) is 2.20. The Kier molecular flexibility index (Phi) is 4.10. The lowest BCUT2D eigenvalue weighted by Gasteiger charge is -2.09. The quantitative estimate of drug-likeness (QED) is 0.744. The van der Waals surface area contributed by atoms with Crippen molar-refractivity contribution in [2.75, 3.05) is 11.9 Å². The number of anilines is 1. The maximum Gasteiger partial charge on any atom is 0.238 e. The van der Waals surface area contributed by atoms with E-state index in [9.17, 15) is 13.2 Å². The molecule has 0 aromatic heterocycles. The molecule has 104 valence electrons. The molecule has 0 spiro atoms. The summed E-state index contributed by atoms with van der Waals surface area (Å²) in [5.74, 6) is -0.277. The molecule has 0 unspecified atom stereocenters. The molecule has 8 heteroatoms. The Labute approximate surface area is 116 Å². The summed E-state index contributed by atoms with van der Waals surface area (Å²) in [5.41, 5.74) is 0.232. The number of carbonyl (C=O) groups is 1. The van der Waals surface area contributed by atoms with Crippen molar-refractivity contribution in [1.29, 1.82) is 0 Å². The molecular weight excluding hydrogens is 290 g/mol. The van der Waals surface area contributed by atoms with Crippen LogP contribution in [0.5, 0.6) is 0 Å². The van der Waals surface area contributed by atoms with Gasteiger partial charge in [-0.3, -0.25) is 4.79 Å². The summed E-state index contributed by atoms with van der Waals surface area (Å²) in [6.07, 6.45) is 2.16. The van der Waals surface area contributed by atoms with Crippen molar-refractivity contribution in [2.45, 2.75) is 23.8 Å². The van der Waals surface area contributed by atoms with Gasteiger partial charge in [-0.25, -0.2) is 13.6 Å². The molecule has 0 aliphatic heterocycles. The highest BCUT2D eigenvalue weighted by Gasteiger charge is 2.21. The van der Waals surface area contributed by atoms with Gasteiger partial charge in [-0.2, -0.15) is 0 Å². The normalized spacial score (nSPS) is 15.3. The number of carbonyl (C=O) groups excluding carboxylic acids is 1. The zero-order valence-electron chi connectivity index (χ0n) is 10.0. The summed E-state index contributed by atoms with van der Waals surface area (Å²) in [6, 6.07) is 4.32. The van der Waals surface area contributed by atoms with Crippen LogP contribution in [0.3, 0.4) is 0 Å². The van der Waals surface area contributed by atoms with Gasteiger partial charge in [-0.15, -0.1) is 0 Å². The molecule has 1 fully saturated rings. The van der Waals surface area contributed by atoms with E-state index in [1.807, 2.05) is 0 Å². The van der Waals surface area contributed by atoms with Crippen molar-refractivity contribution in [2.24, 2.45) is 5.14 Å². The summed E-state index contributed by atoms with van der Waals surface area (Å²) < 4.78 is 22.4. The monoisotopic (exact) mass is 303 g/mol. The minimum Gasteiger partial charge on any atom is -0.324 e. The van der Waals surface area contributed by atoms with Crippen LogP contribution < -0.4 is 15.8 Å². The Morgan fingerprint density at radius 2 is 2.11 bits per heavy atom. The zero-order valence-corrected chi connectivity index (χ0v) is 11.6. The highest BCUT2D eigenvalue weighted by molar-refractivity contribution is 7.89. The van der Waals surface area contributed by atoms with Gasteiger partial charge in [-0.1, -0.05) is 11.6 Å². The van der Waals surface area contributed by atoms with E-state index in [4.69, 9.17) is 16.7 Å². The van der Waals surface area contributed by atoms with Crippen LogP contribution in [0.4, 0.5) is 5.69 Å². The van der Waals surface area contributed by atoms with Crippen LogP contribution in [0.1, 0.15) is 12.8 Å². The molecule has 1 saturated carbocycles. The highest BCUT2D eigenvalue weighted by Crippen LogP contribution is 2.24. The van der Waals surface area contributed by atoms with E-state index in [0.29, 0.717) is 6.04 Å². The smallest absolute Gasteiger partial charge is 0.238 e. The van der Waals surface area contributed by atoms with Crippen molar-refractivity contribution in [1.82, 2.24) is 5.32 Å². The summed E-state index contributed by atoms with van der Waals surface area (Å²) in [5, 5.41) is 10.9. The van der Waals surface area contributed by atoms with E-state index in [-0.39, 0.29) is 28.1 Å². The Hall–Kier alpha value is -1.15. The van der Waals surface area contributed by atoms with Crippen LogP contribution in [0.2, 0.25) is 5.02 Å². The minimum absolute atomic E-state index is 0.0950. The number of amides is 1. The van der Waals surface area contributed by atoms with Gasteiger partial charge in [0.1, 0.15) is 0 Å². The van der Waals surface area contributed by atoms with Crippen LogP contribution in [-0.4, -0.2) is 26.9 Å². The van der Waals surface area contributed by atoms with Crippen LogP contribution >= 0.6 is 11.6 Å². The van der Waals surface area contributed by atoms with Gasteiger partial charge in [0.05, 0.1) is 22.2 Å². The average Bonchev–Trinajstić information content (AvgIpc) is 3.12. The van der Waals surface area contributed by atoms with Crippen molar-refractivity contribution in [3.8, 4) is 0 Å². The first-order chi connectivity index (χ1) is 8.86. The fraction of sp³-hybridized carbons (Fsp3) is 0.364. The number of halogens is 1. The minimum atomic E-state index is -3.82. The molecule has 2 rings (SSSR count). The third kappa shape index (κ3) is 4.17. The van der Waals surface area contributed by atoms with Gasteiger partial charge < -0.3 is 10.6 Å². The first kappa shape index (κ1) is 14.3. The van der Waals surface area contributed by atoms with E-state index in [2.05, 4.69) is 10.6 Å². The van der Waals surface area contributed by atoms with Crippen LogP contribution in [0.25, 0.3) is 0 Å². The van der Waals surface area contributed by atoms with Crippen molar-refractivity contribution in [3.63, 3.8) is 0 Å². The van der Waals surface area contributed by atoms with Gasteiger partial charge in [0, 0.05) is 6.04 Å². The first-order valence-electron chi connectivity index (χ1n) is 5.72. The van der Waals surface area contributed by atoms with Gasteiger partial charge in [0.15, 0.2) is 0 Å². The van der Waals surface area contributed by atoms with E-state index in [1.165, 1.54) is 18.2 Å². The van der Waals surface area contributed by atoms with Crippen LogP contribution in [-0.2, 0) is 14.8 Å². The first-order valence-corrected chi connectivity index (χ1v) is 7.64. The molecule has 0 atom stereocenters. The van der Waals surface area contributed by atoms with E-state index in [0.717, 1.165) is 12.8 Å². The Balaban J connectivity index is 2.07. The van der Waals surface area contributed by atoms with Gasteiger partial charge in [-0.05, 0) is 31.0 Å². The van der Waals surface area contributed by atoms with Gasteiger partial charge >= 0.3 is 0 Å². The number of hydrogen-bond acceptors (Lipinski definition) is 4. The molecule has 4 N–H and O–H groups in total. The summed E-state index contributed by atoms with van der Waals surface area (Å²) in [4.78, 5) is 11.5. The topological polar surface area (TPSA) is 101 Å². The summed E-state index contributed by atoms with van der Waals surface area (Å²) >= 11 is 5.89. The van der Waals surface area contributed by atoms with Crippen molar-refractivity contribution >= 4 is 33.2 Å². The largest absolute Gasteiger partial charge is 0.324 e. The Morgan fingerprint density at radius 1 is 1.42 bits per heavy atom. The second kappa shape index (κ2) is 5.46. The number of rotatable bonds is 5. The van der Waals surface area contributed by atoms with E-state index >= 15 is 0 Å². The molecule has 0 heterocycles. The highest BCUT2D eigenvalue weighted by atomic mass is 35.5. The molecular formula is C11H14ClN3O3S. The third-order valence-electron chi connectivity index (χ3n) is 2.67. The predicted molar refractivity (Wildman–Crippen MR) is 72.5 cm³/mol. The molecule has 0 bridgehead atoms. The molecule has 6 nitrogen and oxygen atoms in total. The third-order valence-corrected chi connectivity index (χ3v) is 3.91. The lowest BCUT2D eigenvalue weighted by Crippen LogP contribution is -2.29. The summed E-state index contributed by atoms with van der Waals surface area (Å²) in [7, 11) is -3.82. The molecule has 0 radical (unpaired) electrons. The van der Waals surface area contributed by atoms with E-state index in [1.54, 1.807) is 0 Å². The molecule has 1 amide bonds. The number of sulfonamides is 1. The maximum atomic E-state index is 11.6. The molecule has 1 aliphatic rings. The lowest BCUT2D eigenvalue weighted by molar-refractivity contribution is -0.115. The standard InChI is InChI=1S/C11H14ClN3O3S/c12-9-4-3-8(19(13,17)18)5-10(9)15-11(16)6-14-7-1-2-7/h3-5,7,14H,1-2,6H2,(H,15,16)(H2,13,17,18). The average molecular weight is 304 g/mol. The fourth-order valence-electron chi connectivity index (χ4n) is 1.50. The zero-order chi connectivity index (χ0) is 14.0. The van der Waals surface area contributed by atoms with Crippen LogP contribution in [0, 0.1) is 0 Å². The summed E-state index contributed by atoms with van der Waals surface area (Å²) in [6.45, 7) is 0.167. The SMILES string of the molecule is NS(=O)(=O)c1ccc(Cl)c(NC(=O)CNC2CC2)c1. The second-order valence-electron chi connectivity index (χ2n) is 4.39. The van der Waals surface area contributed by atoms with Crippen molar-refractivity contribution < 1.29 is 13.2 Å². The number of benzene rings is 1. The Morgan fingerprint density at radius 3 is 2.68 bits per heavy atom. The van der Waals surface area contributed by atoms with Crippen molar-refractivity contribution in [3.05, 3.63) is 23.2 Å². The van der Waals surface area contributed by atoms with Gasteiger partial charge in [0.2, 0.25) is 15.9 Å². The molecule has 19 heavy (non-hydrogen) atoms. The molecule has 1 aromatic carbocycles. The number of nitrogens with two attached hydrogens (primary N) is 1.